The van der Waals surface area contributed by atoms with Crippen LogP contribution in [0.1, 0.15) is 24.8 Å². The van der Waals surface area contributed by atoms with Gasteiger partial charge in [-0.15, -0.1) is 0 Å². The van der Waals surface area contributed by atoms with Gasteiger partial charge in [-0.2, -0.15) is 0 Å². The second-order valence-electron chi connectivity index (χ2n) is 5.86. The minimum atomic E-state index is -0.435. The molecule has 1 amide bonds. The zero-order valence-electron chi connectivity index (χ0n) is 10.8. The maximum atomic E-state index is 12.8. The van der Waals surface area contributed by atoms with Crippen molar-refractivity contribution in [3.8, 4) is 0 Å². The van der Waals surface area contributed by atoms with Gasteiger partial charge in [-0.25, -0.2) is 4.79 Å². The standard InChI is InChI=1S/C15H14ClNO3/c16-10-3-1-9(2-4-10)15(5-6-15)14(19)17-8-11-7-12(17)13(18)20-11/h1-4,11-12H,5-8H2/t11-,12-/m0/s1. The molecule has 1 aliphatic carbocycles. The molecule has 0 radical (unpaired) electrons. The van der Waals surface area contributed by atoms with E-state index in [0.29, 0.717) is 18.0 Å². The summed E-state index contributed by atoms with van der Waals surface area (Å²) in [6, 6.07) is 7.10. The van der Waals surface area contributed by atoms with Crippen molar-refractivity contribution < 1.29 is 14.3 Å². The van der Waals surface area contributed by atoms with E-state index < -0.39 is 5.41 Å². The van der Waals surface area contributed by atoms with Crippen molar-refractivity contribution in [3.05, 3.63) is 34.9 Å². The normalized spacial score (nSPS) is 29.4. The molecule has 4 rings (SSSR count). The van der Waals surface area contributed by atoms with Gasteiger partial charge in [0.15, 0.2) is 0 Å². The van der Waals surface area contributed by atoms with E-state index in [1.54, 1.807) is 4.90 Å². The van der Waals surface area contributed by atoms with E-state index in [1.807, 2.05) is 24.3 Å². The summed E-state index contributed by atoms with van der Waals surface area (Å²) in [5.41, 5.74) is 0.568. The van der Waals surface area contributed by atoms with Crippen LogP contribution in [0.2, 0.25) is 5.02 Å². The molecule has 1 aromatic rings. The second-order valence-corrected chi connectivity index (χ2v) is 6.29. The van der Waals surface area contributed by atoms with Gasteiger partial charge in [-0.1, -0.05) is 23.7 Å². The van der Waals surface area contributed by atoms with Crippen LogP contribution in [0.5, 0.6) is 0 Å². The number of fused-ring (bicyclic) bond motifs is 2. The highest BCUT2D eigenvalue weighted by molar-refractivity contribution is 6.30. The molecule has 3 fully saturated rings. The summed E-state index contributed by atoms with van der Waals surface area (Å²) in [4.78, 5) is 26.2. The van der Waals surface area contributed by atoms with Gasteiger partial charge in [0.2, 0.25) is 5.91 Å². The molecule has 20 heavy (non-hydrogen) atoms. The summed E-state index contributed by atoms with van der Waals surface area (Å²) < 4.78 is 5.14. The van der Waals surface area contributed by atoms with Crippen LogP contribution in [-0.2, 0) is 19.7 Å². The SMILES string of the molecule is O=C1O[C@H]2C[C@@H]1N(C(=O)C1(c3ccc(Cl)cc3)CC1)C2. The predicted molar refractivity (Wildman–Crippen MR) is 72.4 cm³/mol. The molecule has 4 nitrogen and oxygen atoms in total. The summed E-state index contributed by atoms with van der Waals surface area (Å²) in [5, 5.41) is 0.667. The van der Waals surface area contributed by atoms with Crippen LogP contribution in [0.4, 0.5) is 0 Å². The zero-order valence-corrected chi connectivity index (χ0v) is 11.6. The summed E-state index contributed by atoms with van der Waals surface area (Å²) in [7, 11) is 0. The van der Waals surface area contributed by atoms with Gasteiger partial charge in [-0.3, -0.25) is 4.79 Å². The molecule has 2 aliphatic heterocycles. The molecule has 1 aromatic carbocycles. The average molecular weight is 292 g/mol. The first kappa shape index (κ1) is 12.2. The summed E-state index contributed by atoms with van der Waals surface area (Å²) in [6.07, 6.45) is 2.24. The van der Waals surface area contributed by atoms with Gasteiger partial charge in [0.05, 0.1) is 12.0 Å². The van der Waals surface area contributed by atoms with Crippen LogP contribution in [-0.4, -0.2) is 35.5 Å². The lowest BCUT2D eigenvalue weighted by atomic mass is 9.94. The highest BCUT2D eigenvalue weighted by atomic mass is 35.5. The third-order valence-electron chi connectivity index (χ3n) is 4.63. The Bertz CT molecular complexity index is 594. The van der Waals surface area contributed by atoms with Crippen LogP contribution in [0.3, 0.4) is 0 Å². The van der Waals surface area contributed by atoms with Crippen molar-refractivity contribution >= 4 is 23.5 Å². The number of carbonyl (C=O) groups is 2. The minimum Gasteiger partial charge on any atom is -0.459 e. The molecule has 2 heterocycles. The fourth-order valence-corrected chi connectivity index (χ4v) is 3.49. The van der Waals surface area contributed by atoms with E-state index in [1.165, 1.54) is 0 Å². The molecule has 0 spiro atoms. The Morgan fingerprint density at radius 3 is 2.55 bits per heavy atom. The van der Waals surface area contributed by atoms with Gasteiger partial charge in [0.25, 0.3) is 0 Å². The van der Waals surface area contributed by atoms with Crippen molar-refractivity contribution in [3.63, 3.8) is 0 Å². The molecule has 1 saturated carbocycles. The Labute approximate surface area is 121 Å². The third-order valence-corrected chi connectivity index (χ3v) is 4.89. The van der Waals surface area contributed by atoms with Crippen molar-refractivity contribution in [1.29, 1.82) is 0 Å². The lowest BCUT2D eigenvalue weighted by Gasteiger charge is -2.29. The molecule has 2 bridgehead atoms. The lowest BCUT2D eigenvalue weighted by Crippen LogP contribution is -2.48. The smallest absolute Gasteiger partial charge is 0.329 e. The molecule has 104 valence electrons. The number of likely N-dealkylation sites (tertiary alicyclic amines) is 1. The van der Waals surface area contributed by atoms with Gasteiger partial charge in [0.1, 0.15) is 12.1 Å². The van der Waals surface area contributed by atoms with E-state index in [0.717, 1.165) is 18.4 Å². The first-order valence-corrected chi connectivity index (χ1v) is 7.25. The fraction of sp³-hybridized carbons (Fsp3) is 0.467. The first-order valence-electron chi connectivity index (χ1n) is 6.88. The molecule has 5 heteroatoms. The summed E-state index contributed by atoms with van der Waals surface area (Å²) in [6.45, 7) is 0.546. The van der Waals surface area contributed by atoms with E-state index in [4.69, 9.17) is 16.3 Å². The Morgan fingerprint density at radius 1 is 1.30 bits per heavy atom. The van der Waals surface area contributed by atoms with Gasteiger partial charge in [0, 0.05) is 11.4 Å². The second kappa shape index (κ2) is 3.98. The number of hydrogen-bond acceptors (Lipinski definition) is 3. The average Bonchev–Trinajstić information content (AvgIpc) is 3.03. The van der Waals surface area contributed by atoms with Gasteiger partial charge in [-0.05, 0) is 30.5 Å². The molecule has 0 unspecified atom stereocenters. The summed E-state index contributed by atoms with van der Waals surface area (Å²) in [5.74, 6) is -0.175. The molecular formula is C15H14ClNO3. The van der Waals surface area contributed by atoms with E-state index in [2.05, 4.69) is 0 Å². The molecule has 2 saturated heterocycles. The number of amides is 1. The minimum absolute atomic E-state index is 0.0731. The van der Waals surface area contributed by atoms with Crippen LogP contribution < -0.4 is 0 Å². The largest absolute Gasteiger partial charge is 0.459 e. The first-order chi connectivity index (χ1) is 9.60. The van der Waals surface area contributed by atoms with Crippen molar-refractivity contribution in [2.75, 3.05) is 6.54 Å². The Morgan fingerprint density at radius 2 is 2.00 bits per heavy atom. The number of rotatable bonds is 2. The van der Waals surface area contributed by atoms with Crippen LogP contribution in [0, 0.1) is 0 Å². The molecule has 0 aromatic heterocycles. The third kappa shape index (κ3) is 1.61. The van der Waals surface area contributed by atoms with Crippen LogP contribution >= 0.6 is 11.6 Å². The monoisotopic (exact) mass is 291 g/mol. The van der Waals surface area contributed by atoms with E-state index in [9.17, 15) is 9.59 Å². The topological polar surface area (TPSA) is 46.6 Å². The number of nitrogens with zero attached hydrogens (tertiary/aromatic N) is 1. The zero-order chi connectivity index (χ0) is 13.9. The fourth-order valence-electron chi connectivity index (χ4n) is 3.37. The Hall–Kier alpha value is -1.55. The number of benzene rings is 1. The number of hydrogen-bond donors (Lipinski definition) is 0. The maximum absolute atomic E-state index is 12.8. The van der Waals surface area contributed by atoms with Crippen molar-refractivity contribution in [1.82, 2.24) is 4.90 Å². The van der Waals surface area contributed by atoms with Crippen LogP contribution in [0.25, 0.3) is 0 Å². The number of carbonyl (C=O) groups excluding carboxylic acids is 2. The molecule has 2 atom stereocenters. The number of morpholine rings is 1. The van der Waals surface area contributed by atoms with Crippen molar-refractivity contribution in [2.45, 2.75) is 36.8 Å². The number of halogens is 1. The molecule has 3 aliphatic rings. The molecule has 0 N–H and O–H groups in total. The Kier molecular flexibility index (Phi) is 2.43. The number of ether oxygens (including phenoxy) is 1. The van der Waals surface area contributed by atoms with E-state index in [-0.39, 0.29) is 24.0 Å². The number of esters is 1. The van der Waals surface area contributed by atoms with Gasteiger partial charge >= 0.3 is 5.97 Å². The quantitative estimate of drug-likeness (QED) is 0.782. The highest BCUT2D eigenvalue weighted by Crippen LogP contribution is 2.51. The van der Waals surface area contributed by atoms with Crippen LogP contribution in [0.15, 0.2) is 24.3 Å². The Balaban J connectivity index is 1.62. The predicted octanol–water partition coefficient (Wildman–Crippen LogP) is 1.90. The summed E-state index contributed by atoms with van der Waals surface area (Å²) >= 11 is 5.90. The lowest BCUT2D eigenvalue weighted by molar-refractivity contribution is -0.158. The molecular weight excluding hydrogens is 278 g/mol. The van der Waals surface area contributed by atoms with E-state index >= 15 is 0 Å². The van der Waals surface area contributed by atoms with Crippen molar-refractivity contribution in [2.24, 2.45) is 0 Å². The maximum Gasteiger partial charge on any atom is 0.329 e. The highest BCUT2D eigenvalue weighted by Gasteiger charge is 2.58. The van der Waals surface area contributed by atoms with Gasteiger partial charge < -0.3 is 9.64 Å².